The van der Waals surface area contributed by atoms with Gasteiger partial charge in [-0.15, -0.1) is 0 Å². The molecule has 0 atom stereocenters. The first-order chi connectivity index (χ1) is 14.3. The van der Waals surface area contributed by atoms with E-state index in [1.54, 1.807) is 12.1 Å². The number of alkyl halides is 3. The van der Waals surface area contributed by atoms with Gasteiger partial charge in [-0.1, -0.05) is 48.0 Å². The number of ether oxygens (including phenoxy) is 1. The van der Waals surface area contributed by atoms with Crippen LogP contribution in [0.2, 0.25) is 5.02 Å². The Hall–Kier alpha value is -3.00. The van der Waals surface area contributed by atoms with Gasteiger partial charge in [-0.05, 0) is 36.6 Å². The summed E-state index contributed by atoms with van der Waals surface area (Å²) in [7, 11) is 0. The zero-order valence-corrected chi connectivity index (χ0v) is 16.8. The molecule has 2 aromatic carbocycles. The average Bonchev–Trinajstić information content (AvgIpc) is 3.13. The summed E-state index contributed by atoms with van der Waals surface area (Å²) in [6, 6.07) is 14.8. The van der Waals surface area contributed by atoms with Crippen LogP contribution in [0, 0.1) is 6.92 Å². The van der Waals surface area contributed by atoms with Crippen molar-refractivity contribution in [3.05, 3.63) is 76.4 Å². The zero-order valence-electron chi connectivity index (χ0n) is 16.0. The monoisotopic (exact) mass is 437 g/mol. The number of aryl methyl sites for hydroxylation is 1. The van der Waals surface area contributed by atoms with Crippen LogP contribution in [0.3, 0.4) is 0 Å². The van der Waals surface area contributed by atoms with Crippen LogP contribution >= 0.6 is 11.6 Å². The molecule has 5 nitrogen and oxygen atoms in total. The SMILES string of the molecule is Cc1ccccc1CCNC(=O)COc1cc(C(F)(F)F)nn1-c1ccccc1Cl. The molecular formula is C21H19ClF3N3O2. The van der Waals surface area contributed by atoms with Crippen molar-refractivity contribution >= 4 is 17.5 Å². The Morgan fingerprint density at radius 1 is 1.17 bits per heavy atom. The average molecular weight is 438 g/mol. The molecule has 1 amide bonds. The van der Waals surface area contributed by atoms with Crippen LogP contribution in [0.1, 0.15) is 16.8 Å². The molecule has 30 heavy (non-hydrogen) atoms. The topological polar surface area (TPSA) is 56.1 Å². The van der Waals surface area contributed by atoms with Crippen LogP contribution in [0.4, 0.5) is 13.2 Å². The minimum Gasteiger partial charge on any atom is -0.467 e. The van der Waals surface area contributed by atoms with Crippen molar-refractivity contribution in [3.8, 4) is 11.6 Å². The molecule has 3 rings (SSSR count). The molecular weight excluding hydrogens is 419 g/mol. The number of nitrogens with zero attached hydrogens (tertiary/aromatic N) is 2. The van der Waals surface area contributed by atoms with Crippen LogP contribution in [-0.2, 0) is 17.4 Å². The molecule has 0 radical (unpaired) electrons. The maximum Gasteiger partial charge on any atom is 0.435 e. The van der Waals surface area contributed by atoms with Gasteiger partial charge in [0.05, 0.1) is 10.7 Å². The number of aromatic nitrogens is 2. The molecule has 0 fully saturated rings. The van der Waals surface area contributed by atoms with E-state index in [-0.39, 0.29) is 16.6 Å². The molecule has 0 unspecified atom stereocenters. The van der Waals surface area contributed by atoms with Gasteiger partial charge in [-0.25, -0.2) is 0 Å². The third kappa shape index (κ3) is 5.33. The van der Waals surface area contributed by atoms with E-state index in [4.69, 9.17) is 16.3 Å². The number of carbonyl (C=O) groups is 1. The summed E-state index contributed by atoms with van der Waals surface area (Å²) in [4.78, 5) is 12.1. The predicted octanol–water partition coefficient (Wildman–Crippen LogP) is 4.59. The van der Waals surface area contributed by atoms with Crippen LogP contribution in [0.5, 0.6) is 5.88 Å². The largest absolute Gasteiger partial charge is 0.467 e. The lowest BCUT2D eigenvalue weighted by Gasteiger charge is -2.11. The molecule has 9 heteroatoms. The van der Waals surface area contributed by atoms with Crippen LogP contribution in [0.15, 0.2) is 54.6 Å². The third-order valence-corrected chi connectivity index (χ3v) is 4.70. The second kappa shape index (κ2) is 9.21. The number of benzene rings is 2. The van der Waals surface area contributed by atoms with Gasteiger partial charge in [0.1, 0.15) is 0 Å². The fraction of sp³-hybridized carbons (Fsp3) is 0.238. The zero-order chi connectivity index (χ0) is 21.7. The highest BCUT2D eigenvalue weighted by molar-refractivity contribution is 6.32. The predicted molar refractivity (Wildman–Crippen MR) is 107 cm³/mol. The van der Waals surface area contributed by atoms with E-state index in [0.29, 0.717) is 13.0 Å². The molecule has 0 saturated heterocycles. The maximum absolute atomic E-state index is 13.1. The van der Waals surface area contributed by atoms with E-state index in [1.807, 2.05) is 31.2 Å². The van der Waals surface area contributed by atoms with Gasteiger partial charge >= 0.3 is 6.18 Å². The minimum atomic E-state index is -4.67. The van der Waals surface area contributed by atoms with Gasteiger partial charge in [-0.2, -0.15) is 23.0 Å². The van der Waals surface area contributed by atoms with Crippen LogP contribution < -0.4 is 10.1 Å². The van der Waals surface area contributed by atoms with E-state index >= 15 is 0 Å². The molecule has 158 valence electrons. The fourth-order valence-electron chi connectivity index (χ4n) is 2.82. The Kier molecular flexibility index (Phi) is 6.66. The second-order valence-corrected chi connectivity index (χ2v) is 6.95. The standard InChI is InChI=1S/C21H19ClF3N3O2/c1-14-6-2-3-7-15(14)10-11-26-19(29)13-30-20-12-18(21(23,24)25)27-28(20)17-9-5-4-8-16(17)22/h2-9,12H,10-11,13H2,1H3,(H,26,29). The van der Waals surface area contributed by atoms with Crippen molar-refractivity contribution in [2.75, 3.05) is 13.2 Å². The summed E-state index contributed by atoms with van der Waals surface area (Å²) in [5, 5.41) is 6.44. The number of para-hydroxylation sites is 1. The number of amides is 1. The van der Waals surface area contributed by atoms with E-state index in [0.717, 1.165) is 21.9 Å². The van der Waals surface area contributed by atoms with Gasteiger partial charge in [0.25, 0.3) is 5.91 Å². The highest BCUT2D eigenvalue weighted by Crippen LogP contribution is 2.33. The molecule has 3 aromatic rings. The van der Waals surface area contributed by atoms with Gasteiger partial charge in [-0.3, -0.25) is 4.79 Å². The lowest BCUT2D eigenvalue weighted by atomic mass is 10.1. The molecule has 0 spiro atoms. The van der Waals surface area contributed by atoms with Gasteiger partial charge < -0.3 is 10.1 Å². The van der Waals surface area contributed by atoms with Crippen molar-refractivity contribution < 1.29 is 22.7 Å². The van der Waals surface area contributed by atoms with E-state index < -0.39 is 24.4 Å². The van der Waals surface area contributed by atoms with Gasteiger partial charge in [0, 0.05) is 12.6 Å². The van der Waals surface area contributed by atoms with Crippen molar-refractivity contribution in [1.29, 1.82) is 0 Å². The maximum atomic E-state index is 13.1. The summed E-state index contributed by atoms with van der Waals surface area (Å²) >= 11 is 6.08. The summed E-state index contributed by atoms with van der Waals surface area (Å²) in [6.45, 7) is 1.90. The highest BCUT2D eigenvalue weighted by atomic mass is 35.5. The Labute approximate surface area is 176 Å². The van der Waals surface area contributed by atoms with Crippen molar-refractivity contribution in [2.24, 2.45) is 0 Å². The summed E-state index contributed by atoms with van der Waals surface area (Å²) in [6.07, 6.45) is -4.03. The smallest absolute Gasteiger partial charge is 0.435 e. The molecule has 0 bridgehead atoms. The minimum absolute atomic E-state index is 0.196. The van der Waals surface area contributed by atoms with Gasteiger partial charge in [0.2, 0.25) is 5.88 Å². The Bertz CT molecular complexity index is 1030. The molecule has 1 N–H and O–H groups in total. The first kappa shape index (κ1) is 21.7. The number of hydrogen-bond donors (Lipinski definition) is 1. The number of halogens is 4. The van der Waals surface area contributed by atoms with Crippen molar-refractivity contribution in [1.82, 2.24) is 15.1 Å². The molecule has 1 heterocycles. The molecule has 0 saturated carbocycles. The van der Waals surface area contributed by atoms with Gasteiger partial charge in [0.15, 0.2) is 12.3 Å². The third-order valence-electron chi connectivity index (χ3n) is 4.38. The molecule has 0 aliphatic carbocycles. The Morgan fingerprint density at radius 3 is 2.57 bits per heavy atom. The normalized spacial score (nSPS) is 11.4. The summed E-state index contributed by atoms with van der Waals surface area (Å²) in [5.74, 6) is -0.687. The summed E-state index contributed by atoms with van der Waals surface area (Å²) in [5.41, 5.74) is 1.29. The highest BCUT2D eigenvalue weighted by Gasteiger charge is 2.35. The Morgan fingerprint density at radius 2 is 1.87 bits per heavy atom. The Balaban J connectivity index is 1.67. The number of carbonyl (C=O) groups excluding carboxylic acids is 1. The lowest BCUT2D eigenvalue weighted by molar-refractivity contribution is -0.141. The molecule has 1 aromatic heterocycles. The first-order valence-electron chi connectivity index (χ1n) is 9.12. The second-order valence-electron chi connectivity index (χ2n) is 6.54. The van der Waals surface area contributed by atoms with Crippen LogP contribution in [-0.4, -0.2) is 28.8 Å². The first-order valence-corrected chi connectivity index (χ1v) is 9.49. The van der Waals surface area contributed by atoms with E-state index in [1.165, 1.54) is 12.1 Å². The number of rotatable bonds is 7. The van der Waals surface area contributed by atoms with Crippen LogP contribution in [0.25, 0.3) is 5.69 Å². The molecule has 0 aliphatic rings. The summed E-state index contributed by atoms with van der Waals surface area (Å²) < 4.78 is 45.6. The van der Waals surface area contributed by atoms with E-state index in [2.05, 4.69) is 10.4 Å². The van der Waals surface area contributed by atoms with Crippen molar-refractivity contribution in [2.45, 2.75) is 19.5 Å². The quantitative estimate of drug-likeness (QED) is 0.588. The van der Waals surface area contributed by atoms with Crippen molar-refractivity contribution in [3.63, 3.8) is 0 Å². The number of hydrogen-bond acceptors (Lipinski definition) is 3. The van der Waals surface area contributed by atoms with E-state index in [9.17, 15) is 18.0 Å². The lowest BCUT2D eigenvalue weighted by Crippen LogP contribution is -2.31. The molecule has 0 aliphatic heterocycles. The fourth-order valence-corrected chi connectivity index (χ4v) is 3.03. The number of nitrogens with one attached hydrogen (secondary N) is 1.